The number of aromatic nitrogens is 2. The van der Waals surface area contributed by atoms with Crippen molar-refractivity contribution < 1.29 is 8.95 Å². The minimum Gasteiger partial charge on any atom is -0.478 e. The summed E-state index contributed by atoms with van der Waals surface area (Å²) in [7, 11) is -0.787. The van der Waals surface area contributed by atoms with E-state index >= 15 is 0 Å². The number of nitrogens with one attached hydrogen (secondary N) is 1. The van der Waals surface area contributed by atoms with Crippen LogP contribution < -0.4 is 10.1 Å². The molecule has 0 aliphatic rings. The predicted molar refractivity (Wildman–Crippen MR) is 79.2 cm³/mol. The SMILES string of the molecule is CCCOc1cc(C)nc(NCCC(C)S(C)=O)n1. The molecule has 2 unspecified atom stereocenters. The van der Waals surface area contributed by atoms with Crippen LogP contribution in [0.25, 0.3) is 0 Å². The fraction of sp³-hybridized carbons (Fsp3) is 0.692. The van der Waals surface area contributed by atoms with Gasteiger partial charge in [0, 0.05) is 40.6 Å². The van der Waals surface area contributed by atoms with E-state index in [2.05, 4.69) is 22.2 Å². The molecule has 108 valence electrons. The number of rotatable bonds is 8. The monoisotopic (exact) mass is 285 g/mol. The Bertz CT molecular complexity index is 426. The van der Waals surface area contributed by atoms with Gasteiger partial charge in [-0.15, -0.1) is 0 Å². The third kappa shape index (κ3) is 6.00. The number of ether oxygens (including phenoxy) is 1. The van der Waals surface area contributed by atoms with Gasteiger partial charge in [0.2, 0.25) is 11.8 Å². The first-order valence-corrected chi connectivity index (χ1v) is 8.19. The summed E-state index contributed by atoms with van der Waals surface area (Å²) in [5, 5.41) is 3.33. The predicted octanol–water partition coefficient (Wildman–Crippen LogP) is 2.14. The van der Waals surface area contributed by atoms with Gasteiger partial charge in [-0.05, 0) is 19.8 Å². The lowest BCUT2D eigenvalue weighted by atomic mass is 10.3. The first-order valence-electron chi connectivity index (χ1n) is 6.57. The molecule has 0 aliphatic carbocycles. The molecule has 0 fully saturated rings. The molecule has 0 aromatic carbocycles. The molecular formula is C13H23N3O2S. The smallest absolute Gasteiger partial charge is 0.226 e. The van der Waals surface area contributed by atoms with Crippen molar-refractivity contribution in [1.29, 1.82) is 0 Å². The van der Waals surface area contributed by atoms with Crippen molar-refractivity contribution in [2.75, 3.05) is 24.7 Å². The highest BCUT2D eigenvalue weighted by Gasteiger charge is 2.07. The van der Waals surface area contributed by atoms with Crippen molar-refractivity contribution in [3.63, 3.8) is 0 Å². The minimum atomic E-state index is -0.787. The van der Waals surface area contributed by atoms with Gasteiger partial charge in [0.25, 0.3) is 0 Å². The van der Waals surface area contributed by atoms with Gasteiger partial charge in [0.15, 0.2) is 0 Å². The van der Waals surface area contributed by atoms with Crippen LogP contribution in [0.15, 0.2) is 6.07 Å². The third-order valence-electron chi connectivity index (χ3n) is 2.69. The molecule has 0 saturated carbocycles. The maximum Gasteiger partial charge on any atom is 0.226 e. The molecule has 0 bridgehead atoms. The number of nitrogens with zero attached hydrogens (tertiary/aromatic N) is 2. The van der Waals surface area contributed by atoms with E-state index in [1.807, 2.05) is 19.9 Å². The lowest BCUT2D eigenvalue weighted by Crippen LogP contribution is -2.16. The molecule has 19 heavy (non-hydrogen) atoms. The molecular weight excluding hydrogens is 262 g/mol. The molecule has 0 radical (unpaired) electrons. The second-order valence-electron chi connectivity index (χ2n) is 4.54. The summed E-state index contributed by atoms with van der Waals surface area (Å²) in [6.45, 7) is 7.30. The lowest BCUT2D eigenvalue weighted by Gasteiger charge is -2.11. The number of hydrogen-bond acceptors (Lipinski definition) is 5. The Labute approximate surface area is 117 Å². The van der Waals surface area contributed by atoms with E-state index in [1.54, 1.807) is 6.26 Å². The molecule has 2 atom stereocenters. The van der Waals surface area contributed by atoms with E-state index < -0.39 is 10.8 Å². The third-order valence-corrected chi connectivity index (χ3v) is 4.05. The van der Waals surface area contributed by atoms with E-state index in [-0.39, 0.29) is 5.25 Å². The summed E-state index contributed by atoms with van der Waals surface area (Å²) in [4.78, 5) is 8.60. The number of anilines is 1. The second-order valence-corrected chi connectivity index (χ2v) is 6.35. The van der Waals surface area contributed by atoms with Crippen LogP contribution in [0.3, 0.4) is 0 Å². The molecule has 0 saturated heterocycles. The van der Waals surface area contributed by atoms with Crippen molar-refractivity contribution in [1.82, 2.24) is 9.97 Å². The van der Waals surface area contributed by atoms with Crippen molar-refractivity contribution in [2.45, 2.75) is 38.9 Å². The van der Waals surface area contributed by atoms with Gasteiger partial charge in [0.1, 0.15) is 0 Å². The molecule has 1 heterocycles. The van der Waals surface area contributed by atoms with Crippen LogP contribution in [0.2, 0.25) is 0 Å². The van der Waals surface area contributed by atoms with Gasteiger partial charge >= 0.3 is 0 Å². The van der Waals surface area contributed by atoms with Gasteiger partial charge in [0.05, 0.1) is 6.61 Å². The number of hydrogen-bond donors (Lipinski definition) is 1. The van der Waals surface area contributed by atoms with Gasteiger partial charge < -0.3 is 10.1 Å². The maximum atomic E-state index is 11.2. The Balaban J connectivity index is 2.53. The summed E-state index contributed by atoms with van der Waals surface area (Å²) in [6.07, 6.45) is 3.50. The van der Waals surface area contributed by atoms with Crippen molar-refractivity contribution >= 4 is 16.7 Å². The molecule has 5 nitrogen and oxygen atoms in total. The average Bonchev–Trinajstić information content (AvgIpc) is 2.35. The van der Waals surface area contributed by atoms with E-state index in [9.17, 15) is 4.21 Å². The molecule has 0 spiro atoms. The quantitative estimate of drug-likeness (QED) is 0.793. The van der Waals surface area contributed by atoms with Crippen LogP contribution in [-0.2, 0) is 10.8 Å². The zero-order chi connectivity index (χ0) is 14.3. The molecule has 1 aromatic heterocycles. The summed E-state index contributed by atoms with van der Waals surface area (Å²) in [5.74, 6) is 1.17. The largest absolute Gasteiger partial charge is 0.478 e. The van der Waals surface area contributed by atoms with Crippen LogP contribution in [0.4, 0.5) is 5.95 Å². The van der Waals surface area contributed by atoms with Crippen molar-refractivity contribution in [3.8, 4) is 5.88 Å². The van der Waals surface area contributed by atoms with Gasteiger partial charge in [-0.1, -0.05) is 13.8 Å². The molecule has 0 amide bonds. The van der Waals surface area contributed by atoms with Crippen molar-refractivity contribution in [3.05, 3.63) is 11.8 Å². The molecule has 0 aliphatic heterocycles. The highest BCUT2D eigenvalue weighted by atomic mass is 32.2. The second kappa shape index (κ2) is 8.09. The Morgan fingerprint density at radius 1 is 1.47 bits per heavy atom. The Morgan fingerprint density at radius 3 is 2.84 bits per heavy atom. The Hall–Kier alpha value is -1.17. The maximum absolute atomic E-state index is 11.2. The topological polar surface area (TPSA) is 64.1 Å². The minimum absolute atomic E-state index is 0.174. The average molecular weight is 285 g/mol. The fourth-order valence-electron chi connectivity index (χ4n) is 1.45. The van der Waals surface area contributed by atoms with E-state index in [0.717, 1.165) is 18.5 Å². The summed E-state index contributed by atoms with van der Waals surface area (Å²) >= 11 is 0. The number of aryl methyl sites for hydroxylation is 1. The van der Waals surface area contributed by atoms with Gasteiger partial charge in [-0.2, -0.15) is 4.98 Å². The molecule has 1 N–H and O–H groups in total. The van der Waals surface area contributed by atoms with Gasteiger partial charge in [-0.3, -0.25) is 4.21 Å². The van der Waals surface area contributed by atoms with Crippen LogP contribution in [0.1, 0.15) is 32.4 Å². The van der Waals surface area contributed by atoms with E-state index in [4.69, 9.17) is 4.74 Å². The highest BCUT2D eigenvalue weighted by molar-refractivity contribution is 7.84. The van der Waals surface area contributed by atoms with Crippen LogP contribution in [-0.4, -0.2) is 38.8 Å². The fourth-order valence-corrected chi connectivity index (χ4v) is 1.90. The zero-order valence-corrected chi connectivity index (χ0v) is 12.9. The Kier molecular flexibility index (Phi) is 6.77. The van der Waals surface area contributed by atoms with Crippen LogP contribution >= 0.6 is 0 Å². The zero-order valence-electron chi connectivity index (χ0n) is 12.1. The standard InChI is InChI=1S/C13H23N3O2S/c1-5-8-18-12-9-10(2)15-13(16-12)14-7-6-11(3)19(4)17/h9,11H,5-8H2,1-4H3,(H,14,15,16). The van der Waals surface area contributed by atoms with Crippen LogP contribution in [0, 0.1) is 6.92 Å². The lowest BCUT2D eigenvalue weighted by molar-refractivity contribution is 0.305. The summed E-state index contributed by atoms with van der Waals surface area (Å²) in [5.41, 5.74) is 0.871. The van der Waals surface area contributed by atoms with Gasteiger partial charge in [-0.25, -0.2) is 4.98 Å². The molecule has 6 heteroatoms. The van der Waals surface area contributed by atoms with E-state index in [0.29, 0.717) is 25.0 Å². The normalized spacial score (nSPS) is 13.9. The first kappa shape index (κ1) is 15.9. The first-order chi connectivity index (χ1) is 9.02. The van der Waals surface area contributed by atoms with Crippen LogP contribution in [0.5, 0.6) is 5.88 Å². The molecule has 1 rings (SSSR count). The van der Waals surface area contributed by atoms with E-state index in [1.165, 1.54) is 0 Å². The highest BCUT2D eigenvalue weighted by Crippen LogP contribution is 2.12. The Morgan fingerprint density at radius 2 is 2.21 bits per heavy atom. The summed E-state index contributed by atoms with van der Waals surface area (Å²) in [6, 6.07) is 1.82. The summed E-state index contributed by atoms with van der Waals surface area (Å²) < 4.78 is 16.7. The molecule has 1 aromatic rings. The van der Waals surface area contributed by atoms with Crippen molar-refractivity contribution in [2.24, 2.45) is 0 Å².